The van der Waals surface area contributed by atoms with Gasteiger partial charge in [0.2, 0.25) is 0 Å². The number of phenols is 3. The van der Waals surface area contributed by atoms with Crippen molar-refractivity contribution in [3.05, 3.63) is 29.8 Å². The minimum absolute atomic E-state index is 0.0705. The molecule has 15 heavy (non-hydrogen) atoms. The van der Waals surface area contributed by atoms with E-state index in [1.807, 2.05) is 0 Å². The summed E-state index contributed by atoms with van der Waals surface area (Å²) in [7, 11) is 0. The van der Waals surface area contributed by atoms with Crippen LogP contribution in [0.5, 0.6) is 17.2 Å². The molecule has 0 saturated carbocycles. The Morgan fingerprint density at radius 1 is 1.27 bits per heavy atom. The number of hydrogen-bond donors (Lipinski definition) is 3. The summed E-state index contributed by atoms with van der Waals surface area (Å²) < 4.78 is 0. The Morgan fingerprint density at radius 2 is 1.87 bits per heavy atom. The summed E-state index contributed by atoms with van der Waals surface area (Å²) >= 11 is 0. The highest BCUT2D eigenvalue weighted by molar-refractivity contribution is 6.02. The molecule has 0 unspecified atom stereocenters. The fraction of sp³-hybridized carbons (Fsp3) is 0.182. The quantitative estimate of drug-likeness (QED) is 0.307. The molecule has 0 aromatic heterocycles. The Labute approximate surface area is 87.1 Å². The summed E-state index contributed by atoms with van der Waals surface area (Å²) in [5, 5.41) is 27.9. The van der Waals surface area contributed by atoms with Crippen LogP contribution >= 0.6 is 0 Å². The highest BCUT2D eigenvalue weighted by Crippen LogP contribution is 2.35. The van der Waals surface area contributed by atoms with Gasteiger partial charge in [0, 0.05) is 6.42 Å². The second kappa shape index (κ2) is 4.50. The largest absolute Gasteiger partial charge is 0.507 e. The number of aromatic hydroxyl groups is 3. The van der Waals surface area contributed by atoms with Crippen molar-refractivity contribution in [1.82, 2.24) is 0 Å². The van der Waals surface area contributed by atoms with Gasteiger partial charge in [-0.25, -0.2) is 0 Å². The Morgan fingerprint density at radius 3 is 2.47 bits per heavy atom. The average Bonchev–Trinajstić information content (AvgIpc) is 2.21. The molecule has 0 atom stereocenters. The maximum absolute atomic E-state index is 11.5. The molecule has 0 spiro atoms. The summed E-state index contributed by atoms with van der Waals surface area (Å²) in [5.41, 5.74) is -0.242. The van der Waals surface area contributed by atoms with Gasteiger partial charge in [0.05, 0.1) is 0 Å². The van der Waals surface area contributed by atoms with Crippen LogP contribution in [0, 0.1) is 0 Å². The third-order valence-corrected chi connectivity index (χ3v) is 1.95. The molecule has 80 valence electrons. The monoisotopic (exact) mass is 208 g/mol. The molecule has 0 aliphatic heterocycles. The number of hydrogen-bond acceptors (Lipinski definition) is 4. The number of carbonyl (C=O) groups excluding carboxylic acids is 1. The molecule has 3 N–H and O–H groups in total. The summed E-state index contributed by atoms with van der Waals surface area (Å²) in [6, 6.07) is 2.29. The maximum Gasteiger partial charge on any atom is 0.174 e. The van der Waals surface area contributed by atoms with Crippen LogP contribution in [0.25, 0.3) is 0 Å². The number of allylic oxidation sites excluding steroid dienone is 2. The first-order valence-corrected chi connectivity index (χ1v) is 4.46. The van der Waals surface area contributed by atoms with E-state index in [0.717, 1.165) is 12.1 Å². The van der Waals surface area contributed by atoms with E-state index in [4.69, 9.17) is 5.11 Å². The number of benzene rings is 1. The van der Waals surface area contributed by atoms with Crippen LogP contribution < -0.4 is 0 Å². The van der Waals surface area contributed by atoms with Crippen molar-refractivity contribution in [3.8, 4) is 17.2 Å². The van der Waals surface area contributed by atoms with Gasteiger partial charge in [0.25, 0.3) is 0 Å². The Kier molecular flexibility index (Phi) is 3.33. The second-order valence-electron chi connectivity index (χ2n) is 3.02. The standard InChI is InChI=1S/C11H12O4/c1-2-3-4-7(12)10-8(13)5-6-9(14)11(10)15/h2-3,5-6,13-15H,4H2,1H3. The average molecular weight is 208 g/mol. The van der Waals surface area contributed by atoms with Gasteiger partial charge in [0.15, 0.2) is 17.3 Å². The lowest BCUT2D eigenvalue weighted by Crippen LogP contribution is -1.98. The second-order valence-corrected chi connectivity index (χ2v) is 3.02. The van der Waals surface area contributed by atoms with Gasteiger partial charge in [-0.05, 0) is 19.1 Å². The summed E-state index contributed by atoms with van der Waals surface area (Å²) in [6.07, 6.45) is 3.36. The first-order chi connectivity index (χ1) is 7.07. The third kappa shape index (κ3) is 2.28. The lowest BCUT2D eigenvalue weighted by Gasteiger charge is -2.06. The number of Topliss-reactive ketones (excluding diaryl/α,β-unsaturated/α-hetero) is 1. The van der Waals surface area contributed by atoms with Crippen LogP contribution in [0.2, 0.25) is 0 Å². The van der Waals surface area contributed by atoms with Crippen LogP contribution in [0.15, 0.2) is 24.3 Å². The SMILES string of the molecule is CC=CCC(=O)c1c(O)ccc(O)c1O. The van der Waals surface area contributed by atoms with Gasteiger partial charge in [-0.1, -0.05) is 12.2 Å². The molecule has 1 rings (SSSR count). The number of ketones is 1. The molecule has 0 aliphatic rings. The normalized spacial score (nSPS) is 10.7. The smallest absolute Gasteiger partial charge is 0.174 e. The van der Waals surface area contributed by atoms with Crippen LogP contribution in [0.3, 0.4) is 0 Å². The number of phenolic OH excluding ortho intramolecular Hbond substituents is 3. The molecule has 0 heterocycles. The zero-order valence-electron chi connectivity index (χ0n) is 8.27. The summed E-state index contributed by atoms with van der Waals surface area (Å²) in [6.45, 7) is 1.76. The molecule has 0 radical (unpaired) electrons. The van der Waals surface area contributed by atoms with E-state index < -0.39 is 17.3 Å². The Hall–Kier alpha value is -1.97. The molecule has 4 nitrogen and oxygen atoms in total. The summed E-state index contributed by atoms with van der Waals surface area (Å²) in [5.74, 6) is -1.78. The number of rotatable bonds is 3. The van der Waals surface area contributed by atoms with Crippen molar-refractivity contribution in [1.29, 1.82) is 0 Å². The van der Waals surface area contributed by atoms with Crippen molar-refractivity contribution in [2.24, 2.45) is 0 Å². The topological polar surface area (TPSA) is 77.8 Å². The van der Waals surface area contributed by atoms with E-state index in [9.17, 15) is 15.0 Å². The summed E-state index contributed by atoms with van der Waals surface area (Å²) in [4.78, 5) is 11.5. The van der Waals surface area contributed by atoms with Crippen LogP contribution in [-0.2, 0) is 0 Å². The van der Waals surface area contributed by atoms with E-state index in [-0.39, 0.29) is 17.7 Å². The maximum atomic E-state index is 11.5. The zero-order chi connectivity index (χ0) is 11.4. The lowest BCUT2D eigenvalue weighted by atomic mass is 10.1. The van der Waals surface area contributed by atoms with Gasteiger partial charge in [-0.3, -0.25) is 4.79 Å². The molecule has 1 aromatic carbocycles. The highest BCUT2D eigenvalue weighted by Gasteiger charge is 2.17. The van der Waals surface area contributed by atoms with Crippen molar-refractivity contribution >= 4 is 5.78 Å². The Balaban J connectivity index is 3.12. The molecule has 0 bridgehead atoms. The van der Waals surface area contributed by atoms with E-state index in [1.165, 1.54) is 0 Å². The van der Waals surface area contributed by atoms with E-state index >= 15 is 0 Å². The fourth-order valence-corrected chi connectivity index (χ4v) is 1.17. The molecule has 0 fully saturated rings. The first-order valence-electron chi connectivity index (χ1n) is 4.46. The van der Waals surface area contributed by atoms with Crippen molar-refractivity contribution < 1.29 is 20.1 Å². The van der Waals surface area contributed by atoms with Crippen molar-refractivity contribution in [2.75, 3.05) is 0 Å². The minimum atomic E-state index is -0.579. The molecule has 0 aliphatic carbocycles. The van der Waals surface area contributed by atoms with Crippen LogP contribution in [-0.4, -0.2) is 21.1 Å². The van der Waals surface area contributed by atoms with Crippen molar-refractivity contribution in [3.63, 3.8) is 0 Å². The molecule has 4 heteroatoms. The van der Waals surface area contributed by atoms with Gasteiger partial charge in [-0.15, -0.1) is 0 Å². The minimum Gasteiger partial charge on any atom is -0.507 e. The predicted octanol–water partition coefficient (Wildman–Crippen LogP) is 1.95. The van der Waals surface area contributed by atoms with Gasteiger partial charge in [-0.2, -0.15) is 0 Å². The van der Waals surface area contributed by atoms with E-state index in [0.29, 0.717) is 0 Å². The van der Waals surface area contributed by atoms with Gasteiger partial charge < -0.3 is 15.3 Å². The lowest BCUT2D eigenvalue weighted by molar-refractivity contribution is 0.0990. The Bertz CT molecular complexity index is 407. The van der Waals surface area contributed by atoms with Gasteiger partial charge >= 0.3 is 0 Å². The van der Waals surface area contributed by atoms with Crippen molar-refractivity contribution in [2.45, 2.75) is 13.3 Å². The predicted molar refractivity (Wildman–Crippen MR) is 55.2 cm³/mol. The number of carbonyl (C=O) groups is 1. The molecule has 1 aromatic rings. The zero-order valence-corrected chi connectivity index (χ0v) is 8.27. The molecular formula is C11H12O4. The fourth-order valence-electron chi connectivity index (χ4n) is 1.17. The van der Waals surface area contributed by atoms with Crippen LogP contribution in [0.1, 0.15) is 23.7 Å². The van der Waals surface area contributed by atoms with E-state index in [1.54, 1.807) is 19.1 Å². The third-order valence-electron chi connectivity index (χ3n) is 1.95. The molecule has 0 amide bonds. The molecule has 0 saturated heterocycles. The molecular weight excluding hydrogens is 196 g/mol. The van der Waals surface area contributed by atoms with E-state index in [2.05, 4.69) is 0 Å². The van der Waals surface area contributed by atoms with Gasteiger partial charge in [0.1, 0.15) is 11.3 Å². The van der Waals surface area contributed by atoms with Crippen LogP contribution in [0.4, 0.5) is 0 Å². The first kappa shape index (κ1) is 11.1. The highest BCUT2D eigenvalue weighted by atomic mass is 16.3.